The molecule has 0 aliphatic heterocycles. The molecule has 0 spiro atoms. The largest absolute Gasteiger partial charge is 0.398 e. The lowest BCUT2D eigenvalue weighted by molar-refractivity contribution is 0.467. The monoisotopic (exact) mass is 438 g/mol. The summed E-state index contributed by atoms with van der Waals surface area (Å²) in [5, 5.41) is 1.93. The average molecular weight is 440 g/mol. The number of nitrogens with zero attached hydrogens (tertiary/aromatic N) is 1. The molecule has 4 nitrogen and oxygen atoms in total. The molecule has 0 saturated carbocycles. The Morgan fingerprint density at radius 2 is 2.00 bits per heavy atom. The topological polar surface area (TPSA) is 63.4 Å². The first-order valence-corrected chi connectivity index (χ1v) is 9.45. The lowest BCUT2D eigenvalue weighted by atomic mass is 10.3. The molecule has 1 heterocycles. The summed E-state index contributed by atoms with van der Waals surface area (Å²) in [7, 11) is -1.97. The van der Waals surface area contributed by atoms with E-state index in [0.717, 1.165) is 9.35 Å². The molecule has 0 amide bonds. The molecule has 2 rings (SSSR count). The van der Waals surface area contributed by atoms with Crippen molar-refractivity contribution >= 4 is 58.9 Å². The average Bonchev–Trinajstić information content (AvgIpc) is 2.78. The summed E-state index contributed by atoms with van der Waals surface area (Å²) < 4.78 is 27.8. The van der Waals surface area contributed by atoms with Crippen molar-refractivity contribution in [2.75, 3.05) is 12.8 Å². The quantitative estimate of drug-likeness (QED) is 0.739. The third-order valence-corrected chi connectivity index (χ3v) is 6.75. The van der Waals surface area contributed by atoms with E-state index in [1.807, 2.05) is 11.4 Å². The Hall–Kier alpha value is -0.410. The highest BCUT2D eigenvalue weighted by Gasteiger charge is 2.21. The molecule has 0 saturated heterocycles. The van der Waals surface area contributed by atoms with Gasteiger partial charge in [0, 0.05) is 23.8 Å². The number of thiophene rings is 1. The van der Waals surface area contributed by atoms with Gasteiger partial charge in [0.15, 0.2) is 0 Å². The number of rotatable bonds is 4. The maximum Gasteiger partial charge on any atom is 0.243 e. The number of halogens is 2. The summed E-state index contributed by atoms with van der Waals surface area (Å²) in [6, 6.07) is 6.52. The first kappa shape index (κ1) is 16.0. The second-order valence-corrected chi connectivity index (χ2v) is 9.39. The van der Waals surface area contributed by atoms with Crippen molar-refractivity contribution in [2.45, 2.75) is 11.4 Å². The zero-order chi connectivity index (χ0) is 14.9. The van der Waals surface area contributed by atoms with Crippen molar-refractivity contribution in [3.05, 3.63) is 43.5 Å². The van der Waals surface area contributed by atoms with Gasteiger partial charge < -0.3 is 5.73 Å². The van der Waals surface area contributed by atoms with Crippen LogP contribution in [0.15, 0.2) is 42.8 Å². The Morgan fingerprint density at radius 3 is 2.55 bits per heavy atom. The number of anilines is 1. The first-order chi connectivity index (χ1) is 9.30. The SMILES string of the molecule is CN(Cc1csc(Br)c1)S(=O)(=O)c1ccc(N)c(Br)c1. The van der Waals surface area contributed by atoms with Gasteiger partial charge in [0.25, 0.3) is 0 Å². The fourth-order valence-electron chi connectivity index (χ4n) is 1.62. The van der Waals surface area contributed by atoms with Crippen molar-refractivity contribution in [2.24, 2.45) is 0 Å². The van der Waals surface area contributed by atoms with Gasteiger partial charge in [-0.1, -0.05) is 0 Å². The first-order valence-electron chi connectivity index (χ1n) is 5.55. The Kier molecular flexibility index (Phi) is 4.91. The maximum absolute atomic E-state index is 12.5. The van der Waals surface area contributed by atoms with E-state index in [2.05, 4.69) is 31.9 Å². The van der Waals surface area contributed by atoms with Crippen LogP contribution in [0.3, 0.4) is 0 Å². The number of sulfonamides is 1. The van der Waals surface area contributed by atoms with Gasteiger partial charge in [-0.2, -0.15) is 4.31 Å². The molecule has 2 N–H and O–H groups in total. The Balaban J connectivity index is 2.27. The predicted octanol–water partition coefficient (Wildman–Crippen LogP) is 3.68. The van der Waals surface area contributed by atoms with Crippen LogP contribution in [0.1, 0.15) is 5.56 Å². The molecule has 2 aromatic rings. The van der Waals surface area contributed by atoms with Crippen LogP contribution < -0.4 is 5.73 Å². The van der Waals surface area contributed by atoms with Gasteiger partial charge in [0.05, 0.1) is 8.68 Å². The second kappa shape index (κ2) is 6.15. The third kappa shape index (κ3) is 3.43. The molecule has 0 aliphatic carbocycles. The highest BCUT2D eigenvalue weighted by atomic mass is 79.9. The van der Waals surface area contributed by atoms with Gasteiger partial charge >= 0.3 is 0 Å². The molecule has 0 bridgehead atoms. The van der Waals surface area contributed by atoms with Crippen LogP contribution in [0.2, 0.25) is 0 Å². The van der Waals surface area contributed by atoms with Gasteiger partial charge in [0.1, 0.15) is 0 Å². The van der Waals surface area contributed by atoms with Gasteiger partial charge in [-0.05, 0) is 67.1 Å². The summed E-state index contributed by atoms with van der Waals surface area (Å²) >= 11 is 8.14. The van der Waals surface area contributed by atoms with Crippen LogP contribution in [0.25, 0.3) is 0 Å². The number of benzene rings is 1. The lowest BCUT2D eigenvalue weighted by Gasteiger charge is -2.17. The number of nitrogens with two attached hydrogens (primary N) is 1. The molecular formula is C12H12Br2N2O2S2. The molecule has 0 fully saturated rings. The van der Waals surface area contributed by atoms with E-state index in [4.69, 9.17) is 5.73 Å². The number of hydrogen-bond acceptors (Lipinski definition) is 4. The van der Waals surface area contributed by atoms with Crippen molar-refractivity contribution in [1.29, 1.82) is 0 Å². The van der Waals surface area contributed by atoms with Crippen LogP contribution in [-0.2, 0) is 16.6 Å². The van der Waals surface area contributed by atoms with Crippen LogP contribution in [-0.4, -0.2) is 19.8 Å². The van der Waals surface area contributed by atoms with Crippen LogP contribution in [0.5, 0.6) is 0 Å². The van der Waals surface area contributed by atoms with Crippen LogP contribution in [0, 0.1) is 0 Å². The van der Waals surface area contributed by atoms with Crippen molar-refractivity contribution in [1.82, 2.24) is 4.31 Å². The van der Waals surface area contributed by atoms with E-state index in [-0.39, 0.29) is 4.90 Å². The minimum atomic E-state index is -3.53. The van der Waals surface area contributed by atoms with Crippen molar-refractivity contribution in [3.63, 3.8) is 0 Å². The number of hydrogen-bond donors (Lipinski definition) is 1. The minimum Gasteiger partial charge on any atom is -0.398 e. The zero-order valence-corrected chi connectivity index (χ0v) is 15.3. The number of nitrogen functional groups attached to an aromatic ring is 1. The molecule has 108 valence electrons. The Morgan fingerprint density at radius 1 is 1.30 bits per heavy atom. The van der Waals surface area contributed by atoms with Gasteiger partial charge in [-0.15, -0.1) is 11.3 Å². The molecule has 1 aromatic heterocycles. The van der Waals surface area contributed by atoms with E-state index in [9.17, 15) is 8.42 Å². The summed E-state index contributed by atoms with van der Waals surface area (Å²) in [5.41, 5.74) is 7.13. The summed E-state index contributed by atoms with van der Waals surface area (Å²) in [6.45, 7) is 0.326. The van der Waals surface area contributed by atoms with Gasteiger partial charge in [-0.3, -0.25) is 0 Å². The van der Waals surface area contributed by atoms with Gasteiger partial charge in [0.2, 0.25) is 10.0 Å². The third-order valence-electron chi connectivity index (χ3n) is 2.71. The maximum atomic E-state index is 12.5. The molecule has 0 atom stereocenters. The Bertz CT molecular complexity index is 729. The summed E-state index contributed by atoms with van der Waals surface area (Å²) in [5.74, 6) is 0. The fourth-order valence-corrected chi connectivity index (χ4v) is 4.54. The van der Waals surface area contributed by atoms with Crippen LogP contribution in [0.4, 0.5) is 5.69 Å². The highest BCUT2D eigenvalue weighted by Crippen LogP contribution is 2.26. The fraction of sp³-hybridized carbons (Fsp3) is 0.167. The zero-order valence-electron chi connectivity index (χ0n) is 10.5. The van der Waals surface area contributed by atoms with E-state index in [1.54, 1.807) is 13.1 Å². The van der Waals surface area contributed by atoms with Gasteiger partial charge in [-0.25, -0.2) is 8.42 Å². The molecule has 1 aromatic carbocycles. The second-order valence-electron chi connectivity index (χ2n) is 4.20. The molecule has 20 heavy (non-hydrogen) atoms. The highest BCUT2D eigenvalue weighted by molar-refractivity contribution is 9.11. The van der Waals surface area contributed by atoms with E-state index >= 15 is 0 Å². The molecule has 8 heteroatoms. The summed E-state index contributed by atoms with van der Waals surface area (Å²) in [4.78, 5) is 0.218. The predicted molar refractivity (Wildman–Crippen MR) is 89.2 cm³/mol. The molecule has 0 radical (unpaired) electrons. The van der Waals surface area contributed by atoms with Crippen LogP contribution >= 0.6 is 43.2 Å². The smallest absolute Gasteiger partial charge is 0.243 e. The molecular weight excluding hydrogens is 428 g/mol. The minimum absolute atomic E-state index is 0.218. The molecule has 0 unspecified atom stereocenters. The van der Waals surface area contributed by atoms with E-state index < -0.39 is 10.0 Å². The Labute approximate surface area is 138 Å². The lowest BCUT2D eigenvalue weighted by Crippen LogP contribution is -2.26. The van der Waals surface area contributed by atoms with E-state index in [1.165, 1.54) is 27.8 Å². The van der Waals surface area contributed by atoms with Crippen molar-refractivity contribution < 1.29 is 8.42 Å². The normalized spacial score (nSPS) is 12.0. The van der Waals surface area contributed by atoms with E-state index in [0.29, 0.717) is 16.7 Å². The molecule has 0 aliphatic rings. The standard InChI is InChI=1S/C12H12Br2N2O2S2/c1-16(6-8-4-12(14)19-7-8)20(17,18)9-2-3-11(15)10(13)5-9/h2-5,7H,6,15H2,1H3. The summed E-state index contributed by atoms with van der Waals surface area (Å²) in [6.07, 6.45) is 0. The van der Waals surface area contributed by atoms with Crippen molar-refractivity contribution in [3.8, 4) is 0 Å².